The number of anilines is 1. The van der Waals surface area contributed by atoms with Crippen molar-refractivity contribution >= 4 is 22.6 Å². The molecule has 0 bridgehead atoms. The maximum atomic E-state index is 12.7. The molecule has 3 aromatic heterocycles. The van der Waals surface area contributed by atoms with Gasteiger partial charge < -0.3 is 19.6 Å². The van der Waals surface area contributed by atoms with Gasteiger partial charge in [0, 0.05) is 18.4 Å². The van der Waals surface area contributed by atoms with Gasteiger partial charge in [0.25, 0.3) is 5.56 Å². The maximum Gasteiger partial charge on any atom is 0.261 e. The fourth-order valence-corrected chi connectivity index (χ4v) is 3.57. The van der Waals surface area contributed by atoms with Gasteiger partial charge >= 0.3 is 0 Å². The number of amides is 1. The first-order chi connectivity index (χ1) is 17.1. The zero-order chi connectivity index (χ0) is 24.2. The minimum Gasteiger partial charge on any atom is -0.494 e. The molecule has 0 unspecified atom stereocenters. The van der Waals surface area contributed by atoms with Crippen LogP contribution >= 0.6 is 0 Å². The second-order valence-electron chi connectivity index (χ2n) is 7.56. The Hall–Kier alpha value is -4.80. The molecule has 0 aliphatic heterocycles. The van der Waals surface area contributed by atoms with Gasteiger partial charge in [0.1, 0.15) is 11.1 Å². The number of H-pyrrole nitrogens is 1. The molecule has 1 amide bonds. The summed E-state index contributed by atoms with van der Waals surface area (Å²) in [7, 11) is 0. The van der Waals surface area contributed by atoms with Crippen molar-refractivity contribution in [3.8, 4) is 22.8 Å². The Morgan fingerprint density at radius 3 is 2.83 bits per heavy atom. The predicted octanol–water partition coefficient (Wildman–Crippen LogP) is 3.13. The summed E-state index contributed by atoms with van der Waals surface area (Å²) in [6.45, 7) is 2.51. The van der Waals surface area contributed by atoms with Crippen LogP contribution in [0.15, 0.2) is 70.4 Å². The molecule has 0 saturated heterocycles. The monoisotopic (exact) mass is 471 g/mol. The molecule has 0 fully saturated rings. The molecule has 0 aliphatic rings. The Morgan fingerprint density at radius 1 is 1.17 bits per heavy atom. The normalized spacial score (nSPS) is 11.0. The van der Waals surface area contributed by atoms with E-state index in [9.17, 15) is 9.59 Å². The molecule has 3 heterocycles. The van der Waals surface area contributed by atoms with E-state index in [0.29, 0.717) is 40.7 Å². The Kier molecular flexibility index (Phi) is 6.03. The van der Waals surface area contributed by atoms with Crippen LogP contribution in [0.5, 0.6) is 5.75 Å². The van der Waals surface area contributed by atoms with Crippen molar-refractivity contribution < 1.29 is 14.1 Å². The van der Waals surface area contributed by atoms with E-state index in [-0.39, 0.29) is 24.3 Å². The SMILES string of the molecule is CCOc1ccc(-c2noc(CCC(=O)Nc3ccccc3-n3ncc4c(=O)[nH]cnc43)n2)cc1. The predicted molar refractivity (Wildman–Crippen MR) is 127 cm³/mol. The molecule has 0 radical (unpaired) electrons. The number of nitrogens with one attached hydrogen (secondary N) is 2. The average Bonchev–Trinajstić information content (AvgIpc) is 3.52. The Bertz CT molecular complexity index is 1540. The van der Waals surface area contributed by atoms with Crippen LogP contribution in [0.2, 0.25) is 0 Å². The molecule has 11 nitrogen and oxygen atoms in total. The third kappa shape index (κ3) is 4.64. The molecule has 2 aromatic carbocycles. The number of hydrogen-bond acceptors (Lipinski definition) is 8. The van der Waals surface area contributed by atoms with Crippen molar-refractivity contribution in [2.75, 3.05) is 11.9 Å². The number of ether oxygens (including phenoxy) is 1. The quantitative estimate of drug-likeness (QED) is 0.352. The van der Waals surface area contributed by atoms with Crippen molar-refractivity contribution in [1.82, 2.24) is 29.9 Å². The Morgan fingerprint density at radius 2 is 2.00 bits per heavy atom. The van der Waals surface area contributed by atoms with Crippen molar-refractivity contribution in [2.24, 2.45) is 0 Å². The van der Waals surface area contributed by atoms with Gasteiger partial charge in [0.15, 0.2) is 5.65 Å². The smallest absolute Gasteiger partial charge is 0.261 e. The van der Waals surface area contributed by atoms with Crippen LogP contribution in [-0.2, 0) is 11.2 Å². The topological polar surface area (TPSA) is 141 Å². The molecule has 11 heteroatoms. The van der Waals surface area contributed by atoms with E-state index in [1.54, 1.807) is 18.2 Å². The lowest BCUT2D eigenvalue weighted by molar-refractivity contribution is -0.116. The summed E-state index contributed by atoms with van der Waals surface area (Å²) in [5.41, 5.74) is 2.02. The van der Waals surface area contributed by atoms with E-state index < -0.39 is 0 Å². The van der Waals surface area contributed by atoms with Gasteiger partial charge in [0.05, 0.1) is 30.5 Å². The number of aromatic amines is 1. The maximum absolute atomic E-state index is 12.7. The molecular weight excluding hydrogens is 450 g/mol. The number of carbonyl (C=O) groups excluding carboxylic acids is 1. The number of fused-ring (bicyclic) bond motifs is 1. The van der Waals surface area contributed by atoms with Crippen molar-refractivity contribution in [1.29, 1.82) is 0 Å². The standard InChI is InChI=1S/C24H21N7O4/c1-2-34-16-9-7-15(8-10-16)22-29-21(35-30-22)12-11-20(32)28-18-5-3-4-6-19(18)31-23-17(13-27-31)24(33)26-14-25-23/h3-10,13-14H,2,11-12H2,1H3,(H,28,32)(H,25,26,33). The van der Waals surface area contributed by atoms with Crippen LogP contribution in [0.4, 0.5) is 5.69 Å². The number of nitrogens with zero attached hydrogens (tertiary/aromatic N) is 5. The molecule has 0 aliphatic carbocycles. The molecule has 0 saturated carbocycles. The number of aromatic nitrogens is 6. The second-order valence-corrected chi connectivity index (χ2v) is 7.56. The highest BCUT2D eigenvalue weighted by molar-refractivity contribution is 5.93. The number of carbonyl (C=O) groups is 1. The lowest BCUT2D eigenvalue weighted by Crippen LogP contribution is -2.15. The summed E-state index contributed by atoms with van der Waals surface area (Å²) >= 11 is 0. The molecular formula is C24H21N7O4. The molecule has 5 aromatic rings. The van der Waals surface area contributed by atoms with Crippen LogP contribution in [0.25, 0.3) is 28.1 Å². The molecule has 0 spiro atoms. The van der Waals surface area contributed by atoms with E-state index in [1.165, 1.54) is 17.2 Å². The molecule has 2 N–H and O–H groups in total. The first-order valence-corrected chi connectivity index (χ1v) is 11.0. The summed E-state index contributed by atoms with van der Waals surface area (Å²) in [4.78, 5) is 35.8. The molecule has 35 heavy (non-hydrogen) atoms. The zero-order valence-electron chi connectivity index (χ0n) is 18.8. The highest BCUT2D eigenvalue weighted by Gasteiger charge is 2.15. The minimum atomic E-state index is -0.285. The van der Waals surface area contributed by atoms with Crippen molar-refractivity contribution in [3.63, 3.8) is 0 Å². The third-order valence-electron chi connectivity index (χ3n) is 5.23. The Balaban J connectivity index is 1.26. The van der Waals surface area contributed by atoms with E-state index >= 15 is 0 Å². The van der Waals surface area contributed by atoms with Crippen LogP contribution < -0.4 is 15.6 Å². The van der Waals surface area contributed by atoms with Crippen molar-refractivity contribution in [2.45, 2.75) is 19.8 Å². The van der Waals surface area contributed by atoms with Crippen LogP contribution in [0.3, 0.4) is 0 Å². The number of rotatable bonds is 8. The summed E-state index contributed by atoms with van der Waals surface area (Å²) in [5, 5.41) is 11.5. The van der Waals surface area contributed by atoms with Crippen LogP contribution in [0.1, 0.15) is 19.2 Å². The van der Waals surface area contributed by atoms with Crippen LogP contribution in [-0.4, -0.2) is 42.4 Å². The fraction of sp³-hybridized carbons (Fsp3) is 0.167. The van der Waals surface area contributed by atoms with E-state index in [4.69, 9.17) is 9.26 Å². The van der Waals surface area contributed by atoms with Gasteiger partial charge in [-0.15, -0.1) is 0 Å². The fourth-order valence-electron chi connectivity index (χ4n) is 3.57. The summed E-state index contributed by atoms with van der Waals surface area (Å²) in [5.74, 6) is 1.34. The van der Waals surface area contributed by atoms with E-state index in [1.807, 2.05) is 37.3 Å². The van der Waals surface area contributed by atoms with Crippen LogP contribution in [0, 0.1) is 0 Å². The van der Waals surface area contributed by atoms with Gasteiger partial charge in [-0.3, -0.25) is 9.59 Å². The number of hydrogen-bond donors (Lipinski definition) is 2. The molecule has 5 rings (SSSR count). The highest BCUT2D eigenvalue weighted by Crippen LogP contribution is 2.23. The average molecular weight is 471 g/mol. The number of benzene rings is 2. The summed E-state index contributed by atoms with van der Waals surface area (Å²) in [6, 6.07) is 14.5. The first kappa shape index (κ1) is 22.0. The summed E-state index contributed by atoms with van der Waals surface area (Å²) < 4.78 is 12.3. The lowest BCUT2D eigenvalue weighted by Gasteiger charge is -2.11. The minimum absolute atomic E-state index is 0.136. The van der Waals surface area contributed by atoms with Gasteiger partial charge in [-0.05, 0) is 43.3 Å². The Labute approximate surface area is 198 Å². The second kappa shape index (κ2) is 9.59. The van der Waals surface area contributed by atoms with Gasteiger partial charge in [-0.25, -0.2) is 9.67 Å². The van der Waals surface area contributed by atoms with Crippen molar-refractivity contribution in [3.05, 3.63) is 77.3 Å². The highest BCUT2D eigenvalue weighted by atomic mass is 16.5. The number of para-hydroxylation sites is 2. The largest absolute Gasteiger partial charge is 0.494 e. The lowest BCUT2D eigenvalue weighted by atomic mass is 10.2. The van der Waals surface area contributed by atoms with Gasteiger partial charge in [-0.2, -0.15) is 10.1 Å². The zero-order valence-corrected chi connectivity index (χ0v) is 18.8. The third-order valence-corrected chi connectivity index (χ3v) is 5.23. The molecule has 176 valence electrons. The summed E-state index contributed by atoms with van der Waals surface area (Å²) in [6.07, 6.45) is 3.17. The number of aryl methyl sites for hydroxylation is 1. The van der Waals surface area contributed by atoms with E-state index in [2.05, 4.69) is 30.5 Å². The van der Waals surface area contributed by atoms with E-state index in [0.717, 1.165) is 11.3 Å². The molecule has 0 atom stereocenters. The van der Waals surface area contributed by atoms with Gasteiger partial charge in [0.2, 0.25) is 17.6 Å². The van der Waals surface area contributed by atoms with Gasteiger partial charge in [-0.1, -0.05) is 17.3 Å². The first-order valence-electron chi connectivity index (χ1n) is 11.0.